The second-order valence-electron chi connectivity index (χ2n) is 5.63. The van der Waals surface area contributed by atoms with Crippen LogP contribution in [0.1, 0.15) is 23.2 Å². The van der Waals surface area contributed by atoms with Gasteiger partial charge in [0.25, 0.3) is 0 Å². The number of carbonyl (C=O) groups excluding carboxylic acids is 1. The Morgan fingerprint density at radius 1 is 1.13 bits per heavy atom. The highest BCUT2D eigenvalue weighted by Crippen LogP contribution is 2.31. The summed E-state index contributed by atoms with van der Waals surface area (Å²) in [6, 6.07) is 6.00. The molecule has 0 bridgehead atoms. The quantitative estimate of drug-likeness (QED) is 0.698. The van der Waals surface area contributed by atoms with Crippen molar-refractivity contribution in [3.8, 4) is 11.3 Å². The van der Waals surface area contributed by atoms with E-state index in [1.165, 1.54) is 12.1 Å². The van der Waals surface area contributed by atoms with Crippen LogP contribution in [0.4, 0.5) is 10.2 Å². The summed E-state index contributed by atoms with van der Waals surface area (Å²) in [5, 5.41) is 4.51. The lowest BCUT2D eigenvalue weighted by atomic mass is 10.1. The van der Waals surface area contributed by atoms with Crippen LogP contribution >= 0.6 is 0 Å². The Morgan fingerprint density at radius 2 is 1.87 bits per heavy atom. The zero-order valence-corrected chi connectivity index (χ0v) is 12.4. The molecule has 0 atom stereocenters. The lowest BCUT2D eigenvalue weighted by Gasteiger charge is -2.17. The molecular formula is C17H15FN4O. The predicted octanol–water partition coefficient (Wildman–Crippen LogP) is 2.95. The van der Waals surface area contributed by atoms with Crippen molar-refractivity contribution in [2.24, 2.45) is 0 Å². The van der Waals surface area contributed by atoms with Crippen LogP contribution in [-0.2, 0) is 0 Å². The third kappa shape index (κ3) is 2.27. The first-order valence-corrected chi connectivity index (χ1v) is 7.61. The Hall–Kier alpha value is -2.76. The van der Waals surface area contributed by atoms with Gasteiger partial charge < -0.3 is 4.90 Å². The lowest BCUT2D eigenvalue weighted by Crippen LogP contribution is -2.20. The van der Waals surface area contributed by atoms with Crippen molar-refractivity contribution in [1.29, 1.82) is 0 Å². The molecule has 1 aliphatic rings. The first kappa shape index (κ1) is 13.9. The van der Waals surface area contributed by atoms with Crippen molar-refractivity contribution >= 4 is 17.6 Å². The predicted molar refractivity (Wildman–Crippen MR) is 85.2 cm³/mol. The smallest absolute Gasteiger partial charge is 0.155 e. The summed E-state index contributed by atoms with van der Waals surface area (Å²) in [7, 11) is 0. The molecule has 0 N–H and O–H groups in total. The third-order valence-corrected chi connectivity index (χ3v) is 4.20. The molecule has 0 unspecified atom stereocenters. The highest BCUT2D eigenvalue weighted by Gasteiger charge is 2.22. The average molecular weight is 310 g/mol. The van der Waals surface area contributed by atoms with Crippen molar-refractivity contribution in [2.75, 3.05) is 18.0 Å². The highest BCUT2D eigenvalue weighted by molar-refractivity contribution is 5.98. The number of hydrogen-bond acceptors (Lipinski definition) is 4. The van der Waals surface area contributed by atoms with E-state index in [1.54, 1.807) is 29.0 Å². The third-order valence-electron chi connectivity index (χ3n) is 4.20. The lowest BCUT2D eigenvalue weighted by molar-refractivity contribution is 0.112. The fraction of sp³-hybridized carbons (Fsp3) is 0.235. The molecule has 2 aromatic heterocycles. The first-order chi connectivity index (χ1) is 11.3. The van der Waals surface area contributed by atoms with Gasteiger partial charge in [-0.05, 0) is 37.1 Å². The molecule has 0 amide bonds. The van der Waals surface area contributed by atoms with Crippen molar-refractivity contribution < 1.29 is 9.18 Å². The van der Waals surface area contributed by atoms with E-state index in [2.05, 4.69) is 15.0 Å². The van der Waals surface area contributed by atoms with Gasteiger partial charge in [-0.25, -0.2) is 13.9 Å². The van der Waals surface area contributed by atoms with Crippen LogP contribution < -0.4 is 4.90 Å². The summed E-state index contributed by atoms with van der Waals surface area (Å²) in [4.78, 5) is 18.4. The molecule has 6 heteroatoms. The number of aldehydes is 1. The van der Waals surface area contributed by atoms with E-state index < -0.39 is 0 Å². The summed E-state index contributed by atoms with van der Waals surface area (Å²) >= 11 is 0. The van der Waals surface area contributed by atoms with Crippen LogP contribution in [0.15, 0.2) is 36.7 Å². The maximum Gasteiger partial charge on any atom is 0.155 e. The topological polar surface area (TPSA) is 50.5 Å². The molecule has 0 radical (unpaired) electrons. The number of halogens is 1. The van der Waals surface area contributed by atoms with Gasteiger partial charge in [-0.15, -0.1) is 0 Å². The van der Waals surface area contributed by atoms with Gasteiger partial charge in [-0.3, -0.25) is 4.79 Å². The van der Waals surface area contributed by atoms with Gasteiger partial charge in [0.15, 0.2) is 12.1 Å². The minimum Gasteiger partial charge on any atom is -0.355 e. The number of aromatic nitrogens is 3. The number of fused-ring (bicyclic) bond motifs is 1. The average Bonchev–Trinajstić information content (AvgIpc) is 3.22. The fourth-order valence-electron chi connectivity index (χ4n) is 3.10. The molecule has 0 spiro atoms. The van der Waals surface area contributed by atoms with E-state index in [0.29, 0.717) is 22.3 Å². The summed E-state index contributed by atoms with van der Waals surface area (Å²) in [6.45, 7) is 1.87. The number of benzene rings is 1. The van der Waals surface area contributed by atoms with E-state index in [1.807, 2.05) is 0 Å². The summed E-state index contributed by atoms with van der Waals surface area (Å²) < 4.78 is 14.8. The zero-order valence-electron chi connectivity index (χ0n) is 12.4. The summed E-state index contributed by atoms with van der Waals surface area (Å²) in [5.41, 5.74) is 2.47. The minimum atomic E-state index is -0.315. The van der Waals surface area contributed by atoms with Gasteiger partial charge >= 0.3 is 0 Å². The summed E-state index contributed by atoms with van der Waals surface area (Å²) in [5.74, 6) is 0.470. The van der Waals surface area contributed by atoms with Crippen molar-refractivity contribution in [3.63, 3.8) is 0 Å². The Bertz CT molecular complexity index is 866. The number of nitrogens with zero attached hydrogens (tertiary/aromatic N) is 4. The molecule has 1 saturated heterocycles. The fourth-order valence-corrected chi connectivity index (χ4v) is 3.10. The van der Waals surface area contributed by atoms with Crippen molar-refractivity contribution in [3.05, 3.63) is 48.0 Å². The molecule has 5 nitrogen and oxygen atoms in total. The van der Waals surface area contributed by atoms with E-state index in [9.17, 15) is 9.18 Å². The Balaban J connectivity index is 1.94. The molecule has 116 valence electrons. The van der Waals surface area contributed by atoms with E-state index in [0.717, 1.165) is 38.0 Å². The molecule has 23 heavy (non-hydrogen) atoms. The zero-order chi connectivity index (χ0) is 15.8. The van der Waals surface area contributed by atoms with E-state index in [4.69, 9.17) is 0 Å². The summed E-state index contributed by atoms with van der Waals surface area (Å²) in [6.07, 6.45) is 6.48. The number of carbonyl (C=O) groups is 1. The van der Waals surface area contributed by atoms with E-state index in [-0.39, 0.29) is 5.82 Å². The maximum atomic E-state index is 13.1. The number of anilines is 1. The van der Waals surface area contributed by atoms with Gasteiger partial charge in [0.1, 0.15) is 17.0 Å². The maximum absolute atomic E-state index is 13.1. The van der Waals surface area contributed by atoms with Crippen LogP contribution in [-0.4, -0.2) is 34.0 Å². The van der Waals surface area contributed by atoms with Crippen molar-refractivity contribution in [1.82, 2.24) is 14.6 Å². The molecule has 4 rings (SSSR count). The second kappa shape index (κ2) is 5.46. The standard InChI is InChI=1S/C17H15FN4O/c18-13-5-3-12(4-6-13)15-14(11-23)16-17(21-8-1-2-9-21)19-7-10-22(16)20-15/h3-7,10-11H,1-2,8-9H2. The minimum absolute atomic E-state index is 0.315. The van der Waals surface area contributed by atoms with Gasteiger partial charge in [0.2, 0.25) is 0 Å². The van der Waals surface area contributed by atoms with E-state index >= 15 is 0 Å². The molecule has 0 saturated carbocycles. The van der Waals surface area contributed by atoms with Crippen LogP contribution in [0, 0.1) is 5.82 Å². The molecule has 1 aliphatic heterocycles. The van der Waals surface area contributed by atoms with Crippen LogP contribution in [0.3, 0.4) is 0 Å². The molecular weight excluding hydrogens is 295 g/mol. The van der Waals surface area contributed by atoms with Crippen LogP contribution in [0.25, 0.3) is 16.8 Å². The first-order valence-electron chi connectivity index (χ1n) is 7.61. The highest BCUT2D eigenvalue weighted by atomic mass is 19.1. The van der Waals surface area contributed by atoms with Gasteiger partial charge in [0.05, 0.1) is 5.56 Å². The molecule has 1 aromatic carbocycles. The Labute approximate surface area is 132 Å². The number of rotatable bonds is 3. The van der Waals surface area contributed by atoms with Gasteiger partial charge in [0, 0.05) is 31.0 Å². The molecule has 3 aromatic rings. The SMILES string of the molecule is O=Cc1c(-c2ccc(F)cc2)nn2ccnc(N3CCCC3)c12. The van der Waals surface area contributed by atoms with Gasteiger partial charge in [-0.2, -0.15) is 5.10 Å². The largest absolute Gasteiger partial charge is 0.355 e. The number of hydrogen-bond donors (Lipinski definition) is 0. The molecule has 1 fully saturated rings. The second-order valence-corrected chi connectivity index (χ2v) is 5.63. The monoisotopic (exact) mass is 310 g/mol. The van der Waals surface area contributed by atoms with Crippen LogP contribution in [0.5, 0.6) is 0 Å². The van der Waals surface area contributed by atoms with Crippen molar-refractivity contribution in [2.45, 2.75) is 12.8 Å². The Morgan fingerprint density at radius 3 is 2.57 bits per heavy atom. The molecule has 0 aliphatic carbocycles. The Kier molecular flexibility index (Phi) is 3.29. The normalized spacial score (nSPS) is 14.6. The van der Waals surface area contributed by atoms with Gasteiger partial charge in [-0.1, -0.05) is 0 Å². The molecule has 3 heterocycles. The van der Waals surface area contributed by atoms with Crippen LogP contribution in [0.2, 0.25) is 0 Å².